The van der Waals surface area contributed by atoms with Crippen molar-refractivity contribution in [1.29, 1.82) is 0 Å². The Morgan fingerprint density at radius 3 is 2.31 bits per heavy atom. The molecule has 0 aliphatic rings. The lowest BCUT2D eigenvalue weighted by atomic mass is 10.1. The zero-order valence-corrected chi connectivity index (χ0v) is 18.4. The molecule has 1 N–H and O–H groups in total. The number of hydrogen-bond donors (Lipinski definition) is 1. The average molecular weight is 437 g/mol. The van der Waals surface area contributed by atoms with Crippen molar-refractivity contribution in [2.75, 3.05) is 13.7 Å². The fourth-order valence-corrected chi connectivity index (χ4v) is 3.15. The lowest BCUT2D eigenvalue weighted by Crippen LogP contribution is -2.48. The minimum atomic E-state index is -0.623. The number of halogens is 2. The Morgan fingerprint density at radius 1 is 1.07 bits per heavy atom. The molecule has 0 aliphatic carbocycles. The number of carbonyl (C=O) groups excluding carboxylic acids is 2. The normalized spacial score (nSPS) is 11.6. The quantitative estimate of drug-likeness (QED) is 0.629. The number of methoxy groups -OCH3 is 1. The molecule has 0 fully saturated rings. The Hall–Kier alpha value is -2.24. The van der Waals surface area contributed by atoms with Crippen LogP contribution < -0.4 is 10.1 Å². The monoisotopic (exact) mass is 436 g/mol. The van der Waals surface area contributed by atoms with Crippen molar-refractivity contribution < 1.29 is 14.3 Å². The fourth-order valence-electron chi connectivity index (χ4n) is 2.83. The first-order valence-corrected chi connectivity index (χ1v) is 10.2. The molecule has 0 heterocycles. The summed E-state index contributed by atoms with van der Waals surface area (Å²) in [7, 11) is 1.59. The van der Waals surface area contributed by atoms with Crippen LogP contribution in [0.2, 0.25) is 10.0 Å². The molecule has 0 radical (unpaired) electrons. The summed E-state index contributed by atoms with van der Waals surface area (Å²) in [6, 6.07) is 11.9. The average Bonchev–Trinajstić information content (AvgIpc) is 2.72. The predicted octanol–water partition coefficient (Wildman–Crippen LogP) is 4.49. The van der Waals surface area contributed by atoms with Crippen LogP contribution in [0.4, 0.5) is 0 Å². The third-order valence-corrected chi connectivity index (χ3v) is 5.31. The van der Waals surface area contributed by atoms with Crippen LogP contribution in [0.3, 0.4) is 0 Å². The van der Waals surface area contributed by atoms with Crippen molar-refractivity contribution >= 4 is 35.0 Å². The van der Waals surface area contributed by atoms with Gasteiger partial charge in [0.1, 0.15) is 11.8 Å². The SMILES string of the molecule is CCCNC(=O)[C@@H](C)N(Cc1ccc(Cl)c(Cl)c1)C(=O)Cc1ccc(OC)cc1. The fraction of sp³-hybridized carbons (Fsp3) is 0.364. The largest absolute Gasteiger partial charge is 0.497 e. The van der Waals surface area contributed by atoms with E-state index in [9.17, 15) is 9.59 Å². The second-order valence-electron chi connectivity index (χ2n) is 6.76. The molecule has 2 rings (SSSR count). The van der Waals surface area contributed by atoms with Crippen LogP contribution >= 0.6 is 23.2 Å². The topological polar surface area (TPSA) is 58.6 Å². The lowest BCUT2D eigenvalue weighted by molar-refractivity contribution is -0.140. The first-order valence-electron chi connectivity index (χ1n) is 9.49. The highest BCUT2D eigenvalue weighted by Gasteiger charge is 2.26. The standard InChI is InChI=1S/C22H26Cl2N2O3/c1-4-11-25-22(28)15(2)26(14-17-7-10-19(23)20(24)12-17)21(27)13-16-5-8-18(29-3)9-6-16/h5-10,12,15H,4,11,13-14H2,1-3H3,(H,25,28)/t15-/m1/s1. The summed E-state index contributed by atoms with van der Waals surface area (Å²) in [5.74, 6) is 0.386. The van der Waals surface area contributed by atoms with Crippen molar-refractivity contribution in [3.8, 4) is 5.75 Å². The van der Waals surface area contributed by atoms with E-state index >= 15 is 0 Å². The molecule has 1 atom stereocenters. The molecule has 0 saturated carbocycles. The molecule has 7 heteroatoms. The van der Waals surface area contributed by atoms with Crippen molar-refractivity contribution in [3.05, 3.63) is 63.6 Å². The van der Waals surface area contributed by atoms with E-state index in [-0.39, 0.29) is 24.8 Å². The van der Waals surface area contributed by atoms with Gasteiger partial charge in [-0.05, 0) is 48.7 Å². The second kappa shape index (κ2) is 11.1. The van der Waals surface area contributed by atoms with Crippen LogP contribution in [0, 0.1) is 0 Å². The zero-order valence-electron chi connectivity index (χ0n) is 16.9. The van der Waals surface area contributed by atoms with Crippen LogP contribution in [-0.2, 0) is 22.6 Å². The Kier molecular flexibility index (Phi) is 8.80. The molecule has 156 valence electrons. The van der Waals surface area contributed by atoms with Gasteiger partial charge in [-0.1, -0.05) is 48.3 Å². The molecule has 2 amide bonds. The van der Waals surface area contributed by atoms with E-state index in [2.05, 4.69) is 5.32 Å². The Balaban J connectivity index is 2.22. The zero-order chi connectivity index (χ0) is 21.4. The molecule has 0 aliphatic heterocycles. The second-order valence-corrected chi connectivity index (χ2v) is 7.58. The molecule has 0 saturated heterocycles. The summed E-state index contributed by atoms with van der Waals surface area (Å²) in [6.45, 7) is 4.53. The number of hydrogen-bond acceptors (Lipinski definition) is 3. The van der Waals surface area contributed by atoms with Crippen molar-refractivity contribution in [2.45, 2.75) is 39.3 Å². The third-order valence-electron chi connectivity index (χ3n) is 4.57. The van der Waals surface area contributed by atoms with Gasteiger partial charge >= 0.3 is 0 Å². The molecule has 0 bridgehead atoms. The molecule has 5 nitrogen and oxygen atoms in total. The molecule has 2 aromatic rings. The van der Waals surface area contributed by atoms with Gasteiger partial charge in [-0.25, -0.2) is 0 Å². The summed E-state index contributed by atoms with van der Waals surface area (Å²) >= 11 is 12.1. The Morgan fingerprint density at radius 2 is 1.72 bits per heavy atom. The van der Waals surface area contributed by atoms with Gasteiger partial charge in [-0.2, -0.15) is 0 Å². The van der Waals surface area contributed by atoms with Crippen LogP contribution in [0.15, 0.2) is 42.5 Å². The van der Waals surface area contributed by atoms with Gasteiger partial charge in [0.25, 0.3) is 0 Å². The highest BCUT2D eigenvalue weighted by Crippen LogP contribution is 2.24. The predicted molar refractivity (Wildman–Crippen MR) is 116 cm³/mol. The molecular weight excluding hydrogens is 411 g/mol. The number of amides is 2. The number of carbonyl (C=O) groups is 2. The molecule has 2 aromatic carbocycles. The lowest BCUT2D eigenvalue weighted by Gasteiger charge is -2.29. The van der Waals surface area contributed by atoms with E-state index in [0.29, 0.717) is 16.6 Å². The van der Waals surface area contributed by atoms with Crippen LogP contribution in [0.1, 0.15) is 31.4 Å². The van der Waals surface area contributed by atoms with Gasteiger partial charge in [0.15, 0.2) is 0 Å². The highest BCUT2D eigenvalue weighted by atomic mass is 35.5. The first kappa shape index (κ1) is 23.0. The summed E-state index contributed by atoms with van der Waals surface area (Å²) in [4.78, 5) is 27.2. The van der Waals surface area contributed by atoms with E-state index in [1.165, 1.54) is 0 Å². The highest BCUT2D eigenvalue weighted by molar-refractivity contribution is 6.42. The van der Waals surface area contributed by atoms with Crippen molar-refractivity contribution in [2.24, 2.45) is 0 Å². The first-order chi connectivity index (χ1) is 13.8. The maximum absolute atomic E-state index is 13.1. The number of ether oxygens (including phenoxy) is 1. The summed E-state index contributed by atoms with van der Waals surface area (Å²) in [6.07, 6.45) is 1.00. The van der Waals surface area contributed by atoms with Gasteiger partial charge in [0, 0.05) is 13.1 Å². The van der Waals surface area contributed by atoms with E-state index in [1.54, 1.807) is 37.1 Å². The Bertz CT molecular complexity index is 840. The maximum Gasteiger partial charge on any atom is 0.242 e. The minimum Gasteiger partial charge on any atom is -0.497 e. The summed E-state index contributed by atoms with van der Waals surface area (Å²) in [5, 5.41) is 3.71. The number of nitrogens with zero attached hydrogens (tertiary/aromatic N) is 1. The summed E-state index contributed by atoms with van der Waals surface area (Å²) < 4.78 is 5.16. The smallest absolute Gasteiger partial charge is 0.242 e. The van der Waals surface area contributed by atoms with Crippen LogP contribution in [0.25, 0.3) is 0 Å². The maximum atomic E-state index is 13.1. The van der Waals surface area contributed by atoms with E-state index in [4.69, 9.17) is 27.9 Å². The van der Waals surface area contributed by atoms with Crippen molar-refractivity contribution in [3.63, 3.8) is 0 Å². The molecular formula is C22H26Cl2N2O3. The Labute approximate surface area is 181 Å². The number of rotatable bonds is 9. The van der Waals surface area contributed by atoms with Crippen LogP contribution in [-0.4, -0.2) is 36.4 Å². The third kappa shape index (κ3) is 6.65. The number of benzene rings is 2. The molecule has 29 heavy (non-hydrogen) atoms. The van der Waals surface area contributed by atoms with Gasteiger partial charge in [-0.3, -0.25) is 9.59 Å². The van der Waals surface area contributed by atoms with Crippen LogP contribution in [0.5, 0.6) is 5.75 Å². The van der Waals surface area contributed by atoms with Crippen molar-refractivity contribution in [1.82, 2.24) is 10.2 Å². The number of nitrogens with one attached hydrogen (secondary N) is 1. The summed E-state index contributed by atoms with van der Waals surface area (Å²) in [5.41, 5.74) is 1.65. The van der Waals surface area contributed by atoms with E-state index < -0.39 is 6.04 Å². The van der Waals surface area contributed by atoms with E-state index in [1.807, 2.05) is 31.2 Å². The van der Waals surface area contributed by atoms with Gasteiger partial charge in [0.05, 0.1) is 23.6 Å². The van der Waals surface area contributed by atoms with Gasteiger partial charge in [-0.15, -0.1) is 0 Å². The van der Waals surface area contributed by atoms with E-state index in [0.717, 1.165) is 23.3 Å². The minimum absolute atomic E-state index is 0.152. The van der Waals surface area contributed by atoms with Gasteiger partial charge < -0.3 is 15.0 Å². The molecule has 0 unspecified atom stereocenters. The molecule has 0 spiro atoms. The van der Waals surface area contributed by atoms with Gasteiger partial charge in [0.2, 0.25) is 11.8 Å². The molecule has 0 aromatic heterocycles.